The molecule has 1 amide bonds. The zero-order chi connectivity index (χ0) is 20.9. The first-order valence-electron chi connectivity index (χ1n) is 8.82. The third-order valence-corrected chi connectivity index (χ3v) is 6.13. The van der Waals surface area contributed by atoms with E-state index in [2.05, 4.69) is 21.6 Å². The van der Waals surface area contributed by atoms with Crippen molar-refractivity contribution in [1.29, 1.82) is 5.26 Å². The molecule has 30 heavy (non-hydrogen) atoms. The Morgan fingerprint density at radius 3 is 2.63 bits per heavy atom. The van der Waals surface area contributed by atoms with E-state index in [1.165, 1.54) is 23.1 Å². The van der Waals surface area contributed by atoms with E-state index in [-0.39, 0.29) is 11.7 Å². The van der Waals surface area contributed by atoms with E-state index in [0.717, 1.165) is 11.3 Å². The second-order valence-corrected chi connectivity index (χ2v) is 8.39. The third-order valence-electron chi connectivity index (χ3n) is 4.12. The molecule has 4 rings (SSSR count). The summed E-state index contributed by atoms with van der Waals surface area (Å²) in [5.74, 6) is 0.578. The van der Waals surface area contributed by atoms with Gasteiger partial charge in [0, 0.05) is 16.3 Å². The lowest BCUT2D eigenvalue weighted by atomic mass is 10.2. The number of para-hydroxylation sites is 1. The maximum absolute atomic E-state index is 12.4. The number of hydrogen-bond acceptors (Lipinski definition) is 6. The summed E-state index contributed by atoms with van der Waals surface area (Å²) in [7, 11) is 0. The van der Waals surface area contributed by atoms with Crippen LogP contribution < -0.4 is 5.32 Å². The number of aromatic nitrogens is 3. The number of hydrogen-bond donors (Lipinski definition) is 1. The summed E-state index contributed by atoms with van der Waals surface area (Å²) in [6.45, 7) is 0. The summed E-state index contributed by atoms with van der Waals surface area (Å²) in [4.78, 5) is 12.4. The Labute approximate surface area is 186 Å². The summed E-state index contributed by atoms with van der Waals surface area (Å²) in [5, 5.41) is 24.1. The SMILES string of the molecule is N#Cc1ccsc1NC(=O)CSc1nnc(-c2ccc(Cl)cc2)n1-c1ccccc1. The zero-order valence-electron chi connectivity index (χ0n) is 15.4. The first-order chi connectivity index (χ1) is 14.7. The van der Waals surface area contributed by atoms with E-state index in [4.69, 9.17) is 16.9 Å². The van der Waals surface area contributed by atoms with Crippen molar-refractivity contribution >= 4 is 45.6 Å². The van der Waals surface area contributed by atoms with Crippen LogP contribution in [0.15, 0.2) is 71.2 Å². The van der Waals surface area contributed by atoms with E-state index in [1.807, 2.05) is 47.0 Å². The molecule has 0 saturated carbocycles. The van der Waals surface area contributed by atoms with E-state index in [0.29, 0.717) is 26.6 Å². The van der Waals surface area contributed by atoms with E-state index in [1.54, 1.807) is 23.6 Å². The number of halogens is 1. The Hall–Kier alpha value is -3.12. The van der Waals surface area contributed by atoms with Crippen LogP contribution in [0.5, 0.6) is 0 Å². The maximum Gasteiger partial charge on any atom is 0.235 e. The minimum atomic E-state index is -0.213. The van der Waals surface area contributed by atoms with Gasteiger partial charge in [0.1, 0.15) is 11.1 Å². The first-order valence-corrected chi connectivity index (χ1v) is 11.1. The molecule has 2 aromatic heterocycles. The smallest absolute Gasteiger partial charge is 0.235 e. The number of benzene rings is 2. The average Bonchev–Trinajstić information content (AvgIpc) is 3.40. The van der Waals surface area contributed by atoms with Crippen molar-refractivity contribution in [3.8, 4) is 23.1 Å². The highest BCUT2D eigenvalue weighted by atomic mass is 35.5. The van der Waals surface area contributed by atoms with Crippen molar-refractivity contribution in [2.45, 2.75) is 5.16 Å². The number of nitrogens with one attached hydrogen (secondary N) is 1. The first kappa shape index (κ1) is 20.2. The number of rotatable bonds is 6. The van der Waals surface area contributed by atoms with Crippen LogP contribution in [0, 0.1) is 11.3 Å². The quantitative estimate of drug-likeness (QED) is 0.404. The molecule has 4 aromatic rings. The molecule has 0 atom stereocenters. The minimum absolute atomic E-state index is 0.133. The molecule has 0 aliphatic heterocycles. The van der Waals surface area contributed by atoms with E-state index in [9.17, 15) is 4.79 Å². The fraction of sp³-hybridized carbons (Fsp3) is 0.0476. The second-order valence-electron chi connectivity index (χ2n) is 6.10. The van der Waals surface area contributed by atoms with Crippen LogP contribution in [0.4, 0.5) is 5.00 Å². The molecule has 0 saturated heterocycles. The van der Waals surface area contributed by atoms with Gasteiger partial charge >= 0.3 is 0 Å². The molecule has 0 aliphatic carbocycles. The van der Waals surface area contributed by atoms with Gasteiger partial charge < -0.3 is 5.32 Å². The van der Waals surface area contributed by atoms with Gasteiger partial charge in [-0.2, -0.15) is 5.26 Å². The van der Waals surface area contributed by atoms with E-state index < -0.39 is 0 Å². The predicted molar refractivity (Wildman–Crippen MR) is 120 cm³/mol. The summed E-state index contributed by atoms with van der Waals surface area (Å²) in [5.41, 5.74) is 2.21. The van der Waals surface area contributed by atoms with Crippen LogP contribution in [0.2, 0.25) is 5.02 Å². The highest BCUT2D eigenvalue weighted by Crippen LogP contribution is 2.29. The molecule has 2 aromatic carbocycles. The van der Waals surface area contributed by atoms with Crippen LogP contribution in [0.25, 0.3) is 17.1 Å². The van der Waals surface area contributed by atoms with Crippen molar-refractivity contribution < 1.29 is 4.79 Å². The number of carbonyl (C=O) groups excluding carboxylic acids is 1. The van der Waals surface area contributed by atoms with Crippen LogP contribution in [0.3, 0.4) is 0 Å². The lowest BCUT2D eigenvalue weighted by Gasteiger charge is -2.10. The Bertz CT molecular complexity index is 1210. The molecule has 0 spiro atoms. The fourth-order valence-corrected chi connectivity index (χ4v) is 4.38. The van der Waals surface area contributed by atoms with Gasteiger partial charge in [0.15, 0.2) is 11.0 Å². The van der Waals surface area contributed by atoms with Gasteiger partial charge in [0.05, 0.1) is 11.3 Å². The molecule has 0 fully saturated rings. The van der Waals surface area contributed by atoms with Crippen LogP contribution >= 0.6 is 34.7 Å². The van der Waals surface area contributed by atoms with E-state index >= 15 is 0 Å². The number of thioether (sulfide) groups is 1. The highest BCUT2D eigenvalue weighted by molar-refractivity contribution is 7.99. The number of thiophene rings is 1. The van der Waals surface area contributed by atoms with Crippen LogP contribution in [-0.4, -0.2) is 26.4 Å². The summed E-state index contributed by atoms with van der Waals surface area (Å²) in [6, 6.07) is 20.8. The normalized spacial score (nSPS) is 10.5. The number of nitriles is 1. The van der Waals surface area contributed by atoms with Gasteiger partial charge in [0.2, 0.25) is 5.91 Å². The van der Waals surface area contributed by atoms with Gasteiger partial charge in [-0.3, -0.25) is 9.36 Å². The maximum atomic E-state index is 12.4. The molecule has 0 bridgehead atoms. The Balaban J connectivity index is 1.59. The molecular formula is C21H14ClN5OS2. The molecule has 6 nitrogen and oxygen atoms in total. The Morgan fingerprint density at radius 2 is 1.90 bits per heavy atom. The van der Waals surface area contributed by atoms with Crippen LogP contribution in [0.1, 0.15) is 5.56 Å². The molecule has 148 valence electrons. The highest BCUT2D eigenvalue weighted by Gasteiger charge is 2.18. The fourth-order valence-electron chi connectivity index (χ4n) is 2.75. The molecule has 2 heterocycles. The van der Waals surface area contributed by atoms with Gasteiger partial charge in [-0.1, -0.05) is 41.6 Å². The van der Waals surface area contributed by atoms with Crippen molar-refractivity contribution in [3.63, 3.8) is 0 Å². The number of anilines is 1. The van der Waals surface area contributed by atoms with Gasteiger partial charge in [0.25, 0.3) is 0 Å². The molecule has 0 radical (unpaired) electrons. The topological polar surface area (TPSA) is 83.6 Å². The molecule has 0 aliphatic rings. The van der Waals surface area contributed by atoms with Crippen molar-refractivity contribution in [1.82, 2.24) is 14.8 Å². The number of carbonyl (C=O) groups is 1. The van der Waals surface area contributed by atoms with Crippen molar-refractivity contribution in [3.05, 3.63) is 76.6 Å². The molecular weight excluding hydrogens is 438 g/mol. The van der Waals surface area contributed by atoms with Crippen molar-refractivity contribution in [2.24, 2.45) is 0 Å². The van der Waals surface area contributed by atoms with Crippen LogP contribution in [-0.2, 0) is 4.79 Å². The Kier molecular flexibility index (Phi) is 6.14. The lowest BCUT2D eigenvalue weighted by molar-refractivity contribution is -0.113. The largest absolute Gasteiger partial charge is 0.316 e. The zero-order valence-corrected chi connectivity index (χ0v) is 17.8. The third kappa shape index (κ3) is 4.39. The summed E-state index contributed by atoms with van der Waals surface area (Å²) >= 11 is 8.61. The van der Waals surface area contributed by atoms with Gasteiger partial charge in [-0.25, -0.2) is 0 Å². The average molecular weight is 452 g/mol. The molecule has 9 heteroatoms. The predicted octanol–water partition coefficient (Wildman–Crippen LogP) is 5.25. The minimum Gasteiger partial charge on any atom is -0.316 e. The molecule has 1 N–H and O–H groups in total. The monoisotopic (exact) mass is 451 g/mol. The number of amides is 1. The second kappa shape index (κ2) is 9.13. The standard InChI is InChI=1S/C21H14ClN5OS2/c22-16-8-6-14(7-9-16)19-25-26-21(27(19)17-4-2-1-3-5-17)30-13-18(28)24-20-15(12-23)10-11-29-20/h1-11H,13H2,(H,24,28). The number of nitrogens with zero attached hydrogens (tertiary/aromatic N) is 4. The van der Waals surface area contributed by atoms with Gasteiger partial charge in [-0.15, -0.1) is 21.5 Å². The molecule has 0 unspecified atom stereocenters. The summed E-state index contributed by atoms with van der Waals surface area (Å²) < 4.78 is 1.91. The Morgan fingerprint density at radius 1 is 1.13 bits per heavy atom. The summed E-state index contributed by atoms with van der Waals surface area (Å²) in [6.07, 6.45) is 0. The van der Waals surface area contributed by atoms with Gasteiger partial charge in [-0.05, 0) is 47.8 Å². The van der Waals surface area contributed by atoms with Crippen molar-refractivity contribution in [2.75, 3.05) is 11.1 Å². The lowest BCUT2D eigenvalue weighted by Crippen LogP contribution is -2.14.